The molecule has 0 unspecified atom stereocenters. The van der Waals surface area contributed by atoms with Gasteiger partial charge in [0.1, 0.15) is 0 Å². The molecule has 0 saturated heterocycles. The fourth-order valence-electron chi connectivity index (χ4n) is 0.291. The van der Waals surface area contributed by atoms with E-state index in [0.29, 0.717) is 14.5 Å². The molecule has 0 spiro atoms. The van der Waals surface area contributed by atoms with Crippen LogP contribution in [0.1, 0.15) is 0 Å². The molecule has 0 aromatic carbocycles. The third kappa shape index (κ3) is 0.644. The molecular weight excluding hydrogens is 141 g/mol. The maximum absolute atomic E-state index is 5.36. The Labute approximate surface area is 42.5 Å². The van der Waals surface area contributed by atoms with E-state index in [-0.39, 0.29) is 0 Å². The number of nitrogen functional groups attached to an aromatic ring is 1. The van der Waals surface area contributed by atoms with Gasteiger partial charge in [0.2, 0.25) is 0 Å². The molecule has 0 fully saturated rings. The Balaban J connectivity index is 3.05. The first-order valence-electron chi connectivity index (χ1n) is 1.68. The molecule has 1 nitrogen and oxygen atoms in total. The van der Waals surface area contributed by atoms with Crippen LogP contribution in [0, 0.1) is 0 Å². The van der Waals surface area contributed by atoms with Crippen molar-refractivity contribution in [1.82, 2.24) is 0 Å². The van der Waals surface area contributed by atoms with Crippen molar-refractivity contribution in [2.75, 3.05) is 5.73 Å². The van der Waals surface area contributed by atoms with E-state index in [2.05, 4.69) is 4.94 Å². The minimum absolute atomic E-state index is 0.486. The van der Waals surface area contributed by atoms with Crippen molar-refractivity contribution in [1.29, 1.82) is 0 Å². The monoisotopic (exact) mass is 147 g/mol. The fraction of sp³-hybridized carbons (Fsp3) is 0. The Morgan fingerprint density at radius 2 is 2.50 bits per heavy atom. The SMILES string of the molecule is Nc1ccc[se]1. The van der Waals surface area contributed by atoms with Crippen LogP contribution in [0.5, 0.6) is 0 Å². The average molecular weight is 146 g/mol. The van der Waals surface area contributed by atoms with Crippen molar-refractivity contribution in [3.63, 3.8) is 0 Å². The predicted octanol–water partition coefficient (Wildman–Crippen LogP) is 0.326. The normalized spacial score (nSPS) is 8.67. The van der Waals surface area contributed by atoms with Crippen molar-refractivity contribution in [2.24, 2.45) is 0 Å². The van der Waals surface area contributed by atoms with Crippen LogP contribution >= 0.6 is 0 Å². The van der Waals surface area contributed by atoms with Crippen molar-refractivity contribution in [2.45, 2.75) is 0 Å². The third-order valence-corrected chi connectivity index (χ3v) is 2.01. The number of hydrogen-bond acceptors (Lipinski definition) is 1. The molecule has 0 aliphatic heterocycles. The minimum atomic E-state index is 0.486. The van der Waals surface area contributed by atoms with Crippen LogP contribution in [0.3, 0.4) is 0 Å². The summed E-state index contributed by atoms with van der Waals surface area (Å²) in [6.07, 6.45) is 0. The molecule has 0 saturated carbocycles. The van der Waals surface area contributed by atoms with Crippen molar-refractivity contribution >= 4 is 19.1 Å². The summed E-state index contributed by atoms with van der Waals surface area (Å²) in [5, 5.41) is 0. The Morgan fingerprint density at radius 1 is 1.67 bits per heavy atom. The molecule has 2 heteroatoms. The Kier molecular flexibility index (Phi) is 0.992. The average Bonchev–Trinajstić information content (AvgIpc) is 1.86. The van der Waals surface area contributed by atoms with Gasteiger partial charge < -0.3 is 0 Å². The van der Waals surface area contributed by atoms with Crippen molar-refractivity contribution < 1.29 is 0 Å². The van der Waals surface area contributed by atoms with Gasteiger partial charge in [0.15, 0.2) is 0 Å². The quantitative estimate of drug-likeness (QED) is 0.524. The van der Waals surface area contributed by atoms with E-state index in [4.69, 9.17) is 5.73 Å². The zero-order valence-electron chi connectivity index (χ0n) is 3.22. The van der Waals surface area contributed by atoms with Gasteiger partial charge in [-0.2, -0.15) is 0 Å². The van der Waals surface area contributed by atoms with Crippen LogP contribution in [0.15, 0.2) is 17.1 Å². The van der Waals surface area contributed by atoms with E-state index in [1.807, 2.05) is 12.1 Å². The zero-order valence-corrected chi connectivity index (χ0v) is 4.93. The van der Waals surface area contributed by atoms with Gasteiger partial charge in [0.05, 0.1) is 0 Å². The molecule has 6 heavy (non-hydrogen) atoms. The second-order valence-electron chi connectivity index (χ2n) is 1.02. The van der Waals surface area contributed by atoms with Gasteiger partial charge in [-0.25, -0.2) is 0 Å². The molecule has 0 bridgehead atoms. The fourth-order valence-corrected chi connectivity index (χ4v) is 1.28. The van der Waals surface area contributed by atoms with Gasteiger partial charge in [0.25, 0.3) is 0 Å². The number of hydrogen-bond donors (Lipinski definition) is 1. The van der Waals surface area contributed by atoms with E-state index in [1.54, 1.807) is 0 Å². The molecule has 0 amide bonds. The standard InChI is InChI=1S/C4H5NSe/c5-4-2-1-3-6-4/h1-3H,5H2. The van der Waals surface area contributed by atoms with Gasteiger partial charge >= 0.3 is 41.9 Å². The van der Waals surface area contributed by atoms with Crippen molar-refractivity contribution in [3.8, 4) is 0 Å². The first-order chi connectivity index (χ1) is 2.89. The van der Waals surface area contributed by atoms with Gasteiger partial charge in [-0.3, -0.25) is 0 Å². The van der Waals surface area contributed by atoms with Crippen LogP contribution in [0.4, 0.5) is 4.56 Å². The maximum atomic E-state index is 5.36. The molecule has 1 aromatic heterocycles. The molecule has 0 aliphatic carbocycles. The van der Waals surface area contributed by atoms with Gasteiger partial charge in [-0.1, -0.05) is 0 Å². The Hall–Kier alpha value is -0.201. The van der Waals surface area contributed by atoms with Crippen LogP contribution in [0.2, 0.25) is 0 Å². The second-order valence-corrected chi connectivity index (χ2v) is 3.07. The first kappa shape index (κ1) is 3.97. The zero-order chi connectivity index (χ0) is 4.41. The Bertz CT molecular complexity index is 111. The molecule has 0 aliphatic rings. The molecular formula is C4H5NSe. The van der Waals surface area contributed by atoms with Crippen LogP contribution in [0.25, 0.3) is 0 Å². The summed E-state index contributed by atoms with van der Waals surface area (Å²) in [5.74, 6) is 0. The number of nitrogens with two attached hydrogens (primary N) is 1. The van der Waals surface area contributed by atoms with E-state index in [9.17, 15) is 0 Å². The summed E-state index contributed by atoms with van der Waals surface area (Å²) < 4.78 is 1.03. The number of anilines is 1. The van der Waals surface area contributed by atoms with E-state index >= 15 is 0 Å². The summed E-state index contributed by atoms with van der Waals surface area (Å²) in [6, 6.07) is 3.94. The number of rotatable bonds is 0. The second kappa shape index (κ2) is 1.50. The van der Waals surface area contributed by atoms with E-state index in [0.717, 1.165) is 4.56 Å². The molecule has 2 N–H and O–H groups in total. The predicted molar refractivity (Wildman–Crippen MR) is 27.8 cm³/mol. The van der Waals surface area contributed by atoms with Crippen LogP contribution in [-0.2, 0) is 0 Å². The molecule has 1 heterocycles. The molecule has 0 radical (unpaired) electrons. The topological polar surface area (TPSA) is 26.0 Å². The van der Waals surface area contributed by atoms with E-state index < -0.39 is 0 Å². The molecule has 1 aromatic rings. The summed E-state index contributed by atoms with van der Waals surface area (Å²) in [7, 11) is 0. The van der Waals surface area contributed by atoms with Gasteiger partial charge in [-0.05, 0) is 0 Å². The summed E-state index contributed by atoms with van der Waals surface area (Å²) in [5.41, 5.74) is 5.36. The van der Waals surface area contributed by atoms with Gasteiger partial charge in [0, 0.05) is 0 Å². The molecule has 0 atom stereocenters. The summed E-state index contributed by atoms with van der Waals surface area (Å²) in [4.78, 5) is 2.10. The molecule has 32 valence electrons. The molecule has 1 rings (SSSR count). The van der Waals surface area contributed by atoms with Crippen molar-refractivity contribution in [3.05, 3.63) is 17.1 Å². The summed E-state index contributed by atoms with van der Waals surface area (Å²) in [6.45, 7) is 0. The third-order valence-electron chi connectivity index (χ3n) is 0.543. The Morgan fingerprint density at radius 3 is 2.67 bits per heavy atom. The first-order valence-corrected chi connectivity index (χ1v) is 3.53. The van der Waals surface area contributed by atoms with E-state index in [1.165, 1.54) is 0 Å². The summed E-state index contributed by atoms with van der Waals surface area (Å²) >= 11 is 0.486. The van der Waals surface area contributed by atoms with Crippen LogP contribution in [-0.4, -0.2) is 14.5 Å². The van der Waals surface area contributed by atoms with Crippen LogP contribution < -0.4 is 5.73 Å². The van der Waals surface area contributed by atoms with Gasteiger partial charge in [-0.15, -0.1) is 0 Å².